The summed E-state index contributed by atoms with van der Waals surface area (Å²) in [6.07, 6.45) is 10.2. The highest BCUT2D eigenvalue weighted by Gasteiger charge is 2.80. The first-order valence-electron chi connectivity index (χ1n) is 16.1. The van der Waals surface area contributed by atoms with E-state index in [2.05, 4.69) is 51.6 Å². The van der Waals surface area contributed by atoms with E-state index in [4.69, 9.17) is 25.8 Å². The van der Waals surface area contributed by atoms with Crippen LogP contribution in [0.2, 0.25) is 5.15 Å². The number of nitrogens with one attached hydrogen (secondary N) is 1. The van der Waals surface area contributed by atoms with Gasteiger partial charge in [-0.1, -0.05) is 35.9 Å². The van der Waals surface area contributed by atoms with Crippen molar-refractivity contribution in [2.75, 3.05) is 32.6 Å². The van der Waals surface area contributed by atoms with Gasteiger partial charge in [-0.3, -0.25) is 4.90 Å². The number of ether oxygens (including phenoxy) is 3. The maximum atomic E-state index is 7.25. The van der Waals surface area contributed by atoms with Crippen LogP contribution in [-0.2, 0) is 23.1 Å². The molecule has 224 valence electrons. The van der Waals surface area contributed by atoms with Crippen molar-refractivity contribution in [1.29, 1.82) is 0 Å². The molecule has 10 rings (SSSR count). The monoisotopic (exact) mass is 597 g/mol. The number of methoxy groups -OCH3 is 2. The average Bonchev–Trinajstić information content (AvgIpc) is 3.79. The molecule has 2 aliphatic heterocycles. The Morgan fingerprint density at radius 1 is 1.09 bits per heavy atom. The Labute approximate surface area is 259 Å². The molecule has 2 aromatic carbocycles. The Bertz CT molecular complexity index is 1590. The van der Waals surface area contributed by atoms with E-state index in [1.54, 1.807) is 7.11 Å². The summed E-state index contributed by atoms with van der Waals surface area (Å²) in [5.74, 6) is 3.00. The van der Waals surface area contributed by atoms with Crippen LogP contribution in [0.15, 0.2) is 54.7 Å². The molecule has 2 spiro atoms. The van der Waals surface area contributed by atoms with Gasteiger partial charge in [0.05, 0.1) is 7.11 Å². The normalized spacial score (nSPS) is 34.9. The number of piperidine rings is 1. The molecule has 5 aliphatic carbocycles. The predicted octanol–water partition coefficient (Wildman–Crippen LogP) is 6.75. The Morgan fingerprint density at radius 3 is 2.79 bits per heavy atom. The van der Waals surface area contributed by atoms with Gasteiger partial charge in [-0.2, -0.15) is 0 Å². The van der Waals surface area contributed by atoms with Crippen molar-refractivity contribution in [3.8, 4) is 11.5 Å². The number of halogens is 1. The second kappa shape index (κ2) is 9.35. The van der Waals surface area contributed by atoms with Crippen molar-refractivity contribution >= 4 is 17.3 Å². The number of benzene rings is 2. The lowest BCUT2D eigenvalue weighted by Gasteiger charge is -2.74. The molecular weight excluding hydrogens is 558 g/mol. The summed E-state index contributed by atoms with van der Waals surface area (Å²) in [6.45, 7) is 3.11. The number of fused-ring (bicyclic) bond motifs is 2. The predicted molar refractivity (Wildman–Crippen MR) is 167 cm³/mol. The molecule has 0 amide bonds. The van der Waals surface area contributed by atoms with Gasteiger partial charge in [0.25, 0.3) is 0 Å². The smallest absolute Gasteiger partial charge is 0.165 e. The quantitative estimate of drug-likeness (QED) is 0.290. The van der Waals surface area contributed by atoms with E-state index in [1.807, 2.05) is 25.4 Å². The lowest BCUT2D eigenvalue weighted by atomic mass is 9.34. The van der Waals surface area contributed by atoms with Crippen LogP contribution in [0.4, 0.5) is 5.69 Å². The van der Waals surface area contributed by atoms with Crippen LogP contribution in [0.1, 0.15) is 66.7 Å². The lowest BCUT2D eigenvalue weighted by molar-refractivity contribution is -0.261. The maximum Gasteiger partial charge on any atom is 0.165 e. The van der Waals surface area contributed by atoms with E-state index in [0.717, 1.165) is 60.9 Å². The molecule has 3 aromatic rings. The lowest BCUT2D eigenvalue weighted by Crippen LogP contribution is -2.80. The number of anilines is 1. The molecule has 4 saturated carbocycles. The average molecular weight is 598 g/mol. The SMILES string of the molecule is COc1ccc2c3c1O[C@H]1[C@@]4(OC)CC[C@@]5(C[C@@H]4c4cccc(NCc6ccc(Cl)nc6)c4)[C@@H](C2)N(CC2CC2)CC[C@]315. The Balaban J connectivity index is 1.14. The van der Waals surface area contributed by atoms with Gasteiger partial charge in [0.2, 0.25) is 0 Å². The van der Waals surface area contributed by atoms with Crippen LogP contribution in [0.5, 0.6) is 11.5 Å². The van der Waals surface area contributed by atoms with Gasteiger partial charge in [-0.15, -0.1) is 0 Å². The summed E-state index contributed by atoms with van der Waals surface area (Å²) >= 11 is 6.01. The van der Waals surface area contributed by atoms with Gasteiger partial charge in [0.15, 0.2) is 11.5 Å². The first-order valence-corrected chi connectivity index (χ1v) is 16.5. The van der Waals surface area contributed by atoms with Crippen LogP contribution < -0.4 is 14.8 Å². The highest BCUT2D eigenvalue weighted by Crippen LogP contribution is 2.78. The van der Waals surface area contributed by atoms with Gasteiger partial charge in [-0.05, 0) is 98.4 Å². The first kappa shape index (κ1) is 26.6. The number of aromatic nitrogens is 1. The van der Waals surface area contributed by atoms with Gasteiger partial charge in [0, 0.05) is 60.4 Å². The van der Waals surface area contributed by atoms with Crippen LogP contribution in [0.3, 0.4) is 0 Å². The van der Waals surface area contributed by atoms with E-state index in [-0.39, 0.29) is 22.9 Å². The molecule has 3 heterocycles. The number of hydrogen-bond donors (Lipinski definition) is 1. The molecular formula is C36H40ClN3O3. The van der Waals surface area contributed by atoms with Crippen molar-refractivity contribution < 1.29 is 14.2 Å². The minimum atomic E-state index is -0.400. The minimum Gasteiger partial charge on any atom is -0.493 e. The van der Waals surface area contributed by atoms with Crippen LogP contribution in [-0.4, -0.2) is 54.9 Å². The minimum absolute atomic E-state index is 0.0230. The third kappa shape index (κ3) is 3.52. The summed E-state index contributed by atoms with van der Waals surface area (Å²) in [7, 11) is 3.72. The molecule has 0 radical (unpaired) electrons. The van der Waals surface area contributed by atoms with Crippen LogP contribution >= 0.6 is 11.6 Å². The topological polar surface area (TPSA) is 55.9 Å². The number of likely N-dealkylation sites (tertiary alicyclic amines) is 1. The zero-order valence-electron chi connectivity index (χ0n) is 25.1. The second-order valence-corrected chi connectivity index (χ2v) is 14.4. The third-order valence-electron chi connectivity index (χ3n) is 12.4. The van der Waals surface area contributed by atoms with Gasteiger partial charge in [-0.25, -0.2) is 4.98 Å². The fourth-order valence-electron chi connectivity index (χ4n) is 10.5. The molecule has 5 fully saturated rings. The van der Waals surface area contributed by atoms with Crippen molar-refractivity contribution in [1.82, 2.24) is 9.88 Å². The molecule has 7 aliphatic rings. The largest absolute Gasteiger partial charge is 0.493 e. The molecule has 7 heteroatoms. The van der Waals surface area contributed by atoms with E-state index in [1.165, 1.54) is 42.5 Å². The molecule has 6 atom stereocenters. The fourth-order valence-corrected chi connectivity index (χ4v) is 10.6. The standard InChI is InChI=1S/C36H40ClN3O3/c1-41-28-10-9-25-17-29-34-12-13-36(42-2,33-35(34,31(25)32(28)43-33)14-15-40(29)21-22-6-7-22)27(18-34)24-4-3-5-26(16-24)38-19-23-8-11-30(37)39-20-23/h3-5,8-11,16,20,22,27,29,33,38H,6-7,12-15,17-19,21H2,1-2H3/t27-,29-,33-,34-,35+,36-/m1/s1. The zero-order valence-corrected chi connectivity index (χ0v) is 25.8. The molecule has 1 N–H and O–H groups in total. The number of rotatable bonds is 8. The zero-order chi connectivity index (χ0) is 29.0. The second-order valence-electron chi connectivity index (χ2n) is 14.0. The number of hydrogen-bond acceptors (Lipinski definition) is 6. The number of nitrogens with zero attached hydrogens (tertiary/aromatic N) is 2. The highest BCUT2D eigenvalue weighted by atomic mass is 35.5. The summed E-state index contributed by atoms with van der Waals surface area (Å²) in [6, 6.07) is 17.9. The van der Waals surface area contributed by atoms with Crippen LogP contribution in [0.25, 0.3) is 0 Å². The van der Waals surface area contributed by atoms with Crippen molar-refractivity contribution in [2.45, 2.75) is 80.6 Å². The van der Waals surface area contributed by atoms with Crippen molar-refractivity contribution in [3.05, 3.63) is 82.1 Å². The number of pyridine rings is 1. The van der Waals surface area contributed by atoms with Crippen molar-refractivity contribution in [2.24, 2.45) is 11.3 Å². The summed E-state index contributed by atoms with van der Waals surface area (Å²) in [4.78, 5) is 7.16. The van der Waals surface area contributed by atoms with Crippen LogP contribution in [0, 0.1) is 11.3 Å². The molecule has 6 nitrogen and oxygen atoms in total. The van der Waals surface area contributed by atoms with E-state index in [9.17, 15) is 0 Å². The van der Waals surface area contributed by atoms with Gasteiger partial charge >= 0.3 is 0 Å². The van der Waals surface area contributed by atoms with E-state index >= 15 is 0 Å². The Kier molecular flexibility index (Phi) is 5.78. The summed E-state index contributed by atoms with van der Waals surface area (Å²) in [5.41, 5.74) is 6.23. The molecule has 1 aromatic heterocycles. The fraction of sp³-hybridized carbons (Fsp3) is 0.528. The van der Waals surface area contributed by atoms with E-state index in [0.29, 0.717) is 17.7 Å². The molecule has 4 bridgehead atoms. The highest BCUT2D eigenvalue weighted by molar-refractivity contribution is 6.29. The molecule has 0 unspecified atom stereocenters. The van der Waals surface area contributed by atoms with E-state index < -0.39 is 5.60 Å². The third-order valence-corrected chi connectivity index (χ3v) is 12.7. The van der Waals surface area contributed by atoms with Crippen molar-refractivity contribution in [3.63, 3.8) is 0 Å². The Hall–Kier alpha value is -2.80. The molecule has 1 saturated heterocycles. The molecule has 43 heavy (non-hydrogen) atoms. The Morgan fingerprint density at radius 2 is 2.00 bits per heavy atom. The maximum absolute atomic E-state index is 7.25. The summed E-state index contributed by atoms with van der Waals surface area (Å²) in [5, 5.41) is 4.16. The summed E-state index contributed by atoms with van der Waals surface area (Å²) < 4.78 is 20.0. The first-order chi connectivity index (χ1) is 21.0. The van der Waals surface area contributed by atoms with Gasteiger partial charge in [0.1, 0.15) is 16.9 Å². The van der Waals surface area contributed by atoms with Gasteiger partial charge < -0.3 is 19.5 Å².